The summed E-state index contributed by atoms with van der Waals surface area (Å²) in [7, 11) is 0. The Morgan fingerprint density at radius 3 is 2.59 bits per heavy atom. The smallest absolute Gasteiger partial charge is 0.256 e. The molecule has 3 heterocycles. The highest BCUT2D eigenvalue weighted by atomic mass is 35.5. The number of nitrogens with zero attached hydrogens (tertiary/aromatic N) is 5. The van der Waals surface area contributed by atoms with Gasteiger partial charge in [0, 0.05) is 11.9 Å². The average molecular weight is 491 g/mol. The minimum atomic E-state index is -0.250. The highest BCUT2D eigenvalue weighted by Gasteiger charge is 2.20. The zero-order valence-electron chi connectivity index (χ0n) is 18.5. The first-order valence-corrected chi connectivity index (χ1v) is 11.3. The summed E-state index contributed by atoms with van der Waals surface area (Å²) in [5, 5.41) is 13.7. The van der Waals surface area contributed by atoms with Gasteiger partial charge in [0.15, 0.2) is 5.65 Å². The van der Waals surface area contributed by atoms with Crippen molar-refractivity contribution >= 4 is 45.8 Å². The number of amides is 1. The van der Waals surface area contributed by atoms with Crippen molar-refractivity contribution in [3.05, 3.63) is 99.6 Å². The lowest BCUT2D eigenvalue weighted by molar-refractivity contribution is 0.102. The van der Waals surface area contributed by atoms with Crippen LogP contribution in [0.25, 0.3) is 16.7 Å². The van der Waals surface area contributed by atoms with Crippen molar-refractivity contribution in [2.45, 2.75) is 20.4 Å². The molecule has 34 heavy (non-hydrogen) atoms. The molecule has 2 aromatic carbocycles. The Kier molecular flexibility index (Phi) is 5.81. The van der Waals surface area contributed by atoms with Gasteiger partial charge in [0.25, 0.3) is 5.91 Å². The Morgan fingerprint density at radius 1 is 1.03 bits per heavy atom. The minimum Gasteiger partial charge on any atom is -0.319 e. The fourth-order valence-corrected chi connectivity index (χ4v) is 4.20. The monoisotopic (exact) mass is 490 g/mol. The predicted molar refractivity (Wildman–Crippen MR) is 134 cm³/mol. The van der Waals surface area contributed by atoms with E-state index in [4.69, 9.17) is 23.2 Å². The van der Waals surface area contributed by atoms with Crippen LogP contribution in [0.4, 0.5) is 5.69 Å². The lowest BCUT2D eigenvalue weighted by Gasteiger charge is -2.07. The molecule has 170 valence electrons. The molecule has 1 N–H and O–H groups in total. The van der Waals surface area contributed by atoms with Crippen LogP contribution in [0, 0.1) is 13.8 Å². The average Bonchev–Trinajstić information content (AvgIpc) is 3.40. The summed E-state index contributed by atoms with van der Waals surface area (Å²) in [5.74, 6) is -0.250. The van der Waals surface area contributed by atoms with Crippen molar-refractivity contribution in [3.63, 3.8) is 0 Å². The van der Waals surface area contributed by atoms with Gasteiger partial charge in [-0.1, -0.05) is 47.5 Å². The number of fused-ring (bicyclic) bond motifs is 1. The molecule has 0 aliphatic rings. The topological polar surface area (TPSA) is 77.6 Å². The SMILES string of the molecule is Cc1cc(C(=O)Nc2cnn(Cc3ccc(Cl)c(Cl)c3)c2)c2c(C)nn(-c3ccccc3)c2n1. The Hall–Kier alpha value is -3.68. The van der Waals surface area contributed by atoms with Gasteiger partial charge >= 0.3 is 0 Å². The molecule has 9 heteroatoms. The second kappa shape index (κ2) is 8.93. The van der Waals surface area contributed by atoms with Gasteiger partial charge in [0.2, 0.25) is 0 Å². The molecule has 5 rings (SSSR count). The van der Waals surface area contributed by atoms with E-state index in [-0.39, 0.29) is 5.91 Å². The third kappa shape index (κ3) is 4.27. The van der Waals surface area contributed by atoms with Gasteiger partial charge in [0.05, 0.1) is 50.8 Å². The number of hydrogen-bond donors (Lipinski definition) is 1. The largest absolute Gasteiger partial charge is 0.319 e. The minimum absolute atomic E-state index is 0.250. The molecule has 0 aliphatic heterocycles. The number of carbonyl (C=O) groups excluding carboxylic acids is 1. The second-order valence-electron chi connectivity index (χ2n) is 7.97. The van der Waals surface area contributed by atoms with Crippen molar-refractivity contribution in [3.8, 4) is 5.69 Å². The van der Waals surface area contributed by atoms with Gasteiger partial charge in [-0.2, -0.15) is 10.2 Å². The molecule has 0 atom stereocenters. The summed E-state index contributed by atoms with van der Waals surface area (Å²) in [6.45, 7) is 4.24. The van der Waals surface area contributed by atoms with Gasteiger partial charge in [0.1, 0.15) is 0 Å². The summed E-state index contributed by atoms with van der Waals surface area (Å²) in [6.07, 6.45) is 3.38. The van der Waals surface area contributed by atoms with Gasteiger partial charge in [-0.25, -0.2) is 9.67 Å². The van der Waals surface area contributed by atoms with Crippen LogP contribution in [-0.4, -0.2) is 30.5 Å². The summed E-state index contributed by atoms with van der Waals surface area (Å²) in [6, 6.07) is 17.0. The molecule has 3 aromatic heterocycles. The van der Waals surface area contributed by atoms with Gasteiger partial charge in [-0.15, -0.1) is 0 Å². The molecule has 1 amide bonds. The van der Waals surface area contributed by atoms with Crippen molar-refractivity contribution in [2.24, 2.45) is 0 Å². The molecule has 5 aromatic rings. The summed E-state index contributed by atoms with van der Waals surface area (Å²) < 4.78 is 3.49. The summed E-state index contributed by atoms with van der Waals surface area (Å²) in [4.78, 5) is 18.0. The molecule has 0 unspecified atom stereocenters. The molecule has 0 aliphatic carbocycles. The number of nitrogens with one attached hydrogen (secondary N) is 1. The summed E-state index contributed by atoms with van der Waals surface area (Å²) >= 11 is 12.1. The number of aryl methyl sites for hydroxylation is 2. The zero-order valence-corrected chi connectivity index (χ0v) is 20.0. The normalized spacial score (nSPS) is 11.2. The van der Waals surface area contributed by atoms with Crippen LogP contribution in [0.1, 0.15) is 27.3 Å². The van der Waals surface area contributed by atoms with Crippen molar-refractivity contribution < 1.29 is 4.79 Å². The van der Waals surface area contributed by atoms with E-state index in [0.29, 0.717) is 33.5 Å². The van der Waals surface area contributed by atoms with E-state index in [2.05, 4.69) is 20.5 Å². The van der Waals surface area contributed by atoms with Crippen LogP contribution in [0.2, 0.25) is 10.0 Å². The Morgan fingerprint density at radius 2 is 1.82 bits per heavy atom. The third-order valence-corrected chi connectivity index (χ3v) is 6.14. The Labute approximate surface area is 205 Å². The number of carbonyl (C=O) groups is 1. The highest BCUT2D eigenvalue weighted by Crippen LogP contribution is 2.26. The lowest BCUT2D eigenvalue weighted by Crippen LogP contribution is -2.13. The molecule has 0 bridgehead atoms. The number of pyridine rings is 1. The van der Waals surface area contributed by atoms with E-state index in [1.807, 2.05) is 50.2 Å². The van der Waals surface area contributed by atoms with E-state index in [0.717, 1.165) is 28.0 Å². The van der Waals surface area contributed by atoms with Crippen LogP contribution in [-0.2, 0) is 6.54 Å². The van der Waals surface area contributed by atoms with Crippen molar-refractivity contribution in [2.75, 3.05) is 5.32 Å². The number of benzene rings is 2. The lowest BCUT2D eigenvalue weighted by atomic mass is 10.1. The Balaban J connectivity index is 1.43. The van der Waals surface area contributed by atoms with Crippen LogP contribution in [0.3, 0.4) is 0 Å². The number of anilines is 1. The number of aromatic nitrogens is 5. The quantitative estimate of drug-likeness (QED) is 0.335. The zero-order chi connectivity index (χ0) is 23.8. The first-order chi connectivity index (χ1) is 16.4. The first-order valence-electron chi connectivity index (χ1n) is 10.6. The molecule has 0 spiro atoms. The van der Waals surface area contributed by atoms with Crippen molar-refractivity contribution in [1.29, 1.82) is 0 Å². The van der Waals surface area contributed by atoms with E-state index >= 15 is 0 Å². The number of hydrogen-bond acceptors (Lipinski definition) is 4. The van der Waals surface area contributed by atoms with E-state index in [9.17, 15) is 4.79 Å². The fraction of sp³-hybridized carbons (Fsp3) is 0.120. The number of para-hydroxylation sites is 1. The molecular formula is C25H20Cl2N6O. The van der Waals surface area contributed by atoms with Crippen LogP contribution < -0.4 is 5.32 Å². The summed E-state index contributed by atoms with van der Waals surface area (Å²) in [5.41, 5.74) is 5.03. The molecule has 0 radical (unpaired) electrons. The first kappa shape index (κ1) is 22.1. The van der Waals surface area contributed by atoms with Crippen LogP contribution in [0.15, 0.2) is 67.0 Å². The molecular weight excluding hydrogens is 471 g/mol. The molecule has 7 nitrogen and oxygen atoms in total. The van der Waals surface area contributed by atoms with Gasteiger partial charge in [-0.05, 0) is 49.7 Å². The number of rotatable bonds is 5. The number of halogens is 2. The molecule has 0 fully saturated rings. The Bertz CT molecular complexity index is 1520. The second-order valence-corrected chi connectivity index (χ2v) is 8.79. The van der Waals surface area contributed by atoms with Gasteiger partial charge in [-0.3, -0.25) is 9.48 Å². The molecule has 0 saturated carbocycles. The standard InChI is InChI=1S/C25H20Cl2N6O/c1-15-10-20(23-16(2)31-33(24(23)29-15)19-6-4-3-5-7-19)25(34)30-18-12-28-32(14-18)13-17-8-9-21(26)22(27)11-17/h3-12,14H,13H2,1-2H3,(H,30,34). The van der Waals surface area contributed by atoms with Crippen molar-refractivity contribution in [1.82, 2.24) is 24.5 Å². The third-order valence-electron chi connectivity index (χ3n) is 5.41. The van der Waals surface area contributed by atoms with E-state index in [1.165, 1.54) is 0 Å². The van der Waals surface area contributed by atoms with Crippen LogP contribution >= 0.6 is 23.2 Å². The van der Waals surface area contributed by atoms with Gasteiger partial charge < -0.3 is 5.32 Å². The van der Waals surface area contributed by atoms with E-state index < -0.39 is 0 Å². The van der Waals surface area contributed by atoms with E-state index in [1.54, 1.807) is 40.0 Å². The van der Waals surface area contributed by atoms with Crippen LogP contribution in [0.5, 0.6) is 0 Å². The maximum absolute atomic E-state index is 13.3. The molecule has 0 saturated heterocycles. The maximum Gasteiger partial charge on any atom is 0.256 e. The predicted octanol–water partition coefficient (Wildman–Crippen LogP) is 5.84. The fourth-order valence-electron chi connectivity index (χ4n) is 3.88. The highest BCUT2D eigenvalue weighted by molar-refractivity contribution is 6.42. The maximum atomic E-state index is 13.3.